The first kappa shape index (κ1) is 13.6. The summed E-state index contributed by atoms with van der Waals surface area (Å²) in [7, 11) is 0. The predicted molar refractivity (Wildman–Crippen MR) is 74.8 cm³/mol. The average Bonchev–Trinajstić information content (AvgIpc) is 2.38. The molecule has 102 valence electrons. The minimum atomic E-state index is -0.843. The molecule has 4 heteroatoms. The van der Waals surface area contributed by atoms with Crippen molar-refractivity contribution in [2.24, 2.45) is 5.41 Å². The summed E-state index contributed by atoms with van der Waals surface area (Å²) in [5.41, 5.74) is 2.26. The molecule has 1 aliphatic heterocycles. The maximum atomic E-state index is 11.3. The van der Waals surface area contributed by atoms with Crippen molar-refractivity contribution in [1.82, 2.24) is 9.88 Å². The van der Waals surface area contributed by atoms with Crippen LogP contribution >= 0.6 is 0 Å². The van der Waals surface area contributed by atoms with Crippen LogP contribution in [-0.2, 0) is 0 Å². The summed E-state index contributed by atoms with van der Waals surface area (Å²) in [6.45, 7) is 6.71. The van der Waals surface area contributed by atoms with Gasteiger partial charge in [-0.1, -0.05) is 26.8 Å². The Kier molecular flexibility index (Phi) is 3.60. The SMILES string of the molecule is CC(C)(C)C1CC(c2ccncc2)=CCN1C(=O)O. The lowest BCUT2D eigenvalue weighted by atomic mass is 9.79. The maximum Gasteiger partial charge on any atom is 0.407 e. The van der Waals surface area contributed by atoms with E-state index in [0.717, 1.165) is 12.0 Å². The normalized spacial score (nSPS) is 20.1. The van der Waals surface area contributed by atoms with Gasteiger partial charge in [0.25, 0.3) is 0 Å². The van der Waals surface area contributed by atoms with Crippen molar-refractivity contribution >= 4 is 11.7 Å². The summed E-state index contributed by atoms with van der Waals surface area (Å²) in [5, 5.41) is 9.32. The first-order chi connectivity index (χ1) is 8.89. The number of rotatable bonds is 1. The van der Waals surface area contributed by atoms with Gasteiger partial charge in [-0.05, 0) is 35.1 Å². The number of carbonyl (C=O) groups is 1. The quantitative estimate of drug-likeness (QED) is 0.843. The van der Waals surface area contributed by atoms with E-state index in [2.05, 4.69) is 25.8 Å². The van der Waals surface area contributed by atoms with E-state index in [1.165, 1.54) is 10.5 Å². The molecular weight excluding hydrogens is 240 g/mol. The fourth-order valence-corrected chi connectivity index (χ4v) is 2.52. The predicted octanol–water partition coefficient (Wildman–Crippen LogP) is 3.26. The van der Waals surface area contributed by atoms with Crippen molar-refractivity contribution in [2.45, 2.75) is 33.2 Å². The fourth-order valence-electron chi connectivity index (χ4n) is 2.52. The Morgan fingerprint density at radius 1 is 1.37 bits per heavy atom. The van der Waals surface area contributed by atoms with Gasteiger partial charge < -0.3 is 10.0 Å². The molecule has 4 nitrogen and oxygen atoms in total. The molecule has 1 atom stereocenters. The zero-order valence-electron chi connectivity index (χ0n) is 11.6. The number of pyridine rings is 1. The van der Waals surface area contributed by atoms with Gasteiger partial charge in [0.2, 0.25) is 0 Å². The summed E-state index contributed by atoms with van der Waals surface area (Å²) in [6, 6.07) is 3.95. The molecule has 1 unspecified atom stereocenters. The van der Waals surface area contributed by atoms with Crippen LogP contribution in [0.3, 0.4) is 0 Å². The zero-order valence-corrected chi connectivity index (χ0v) is 11.6. The van der Waals surface area contributed by atoms with Crippen LogP contribution in [0.15, 0.2) is 30.6 Å². The molecule has 1 amide bonds. The van der Waals surface area contributed by atoms with Crippen molar-refractivity contribution in [3.8, 4) is 0 Å². The topological polar surface area (TPSA) is 53.4 Å². The zero-order chi connectivity index (χ0) is 14.0. The van der Waals surface area contributed by atoms with E-state index in [1.807, 2.05) is 18.2 Å². The van der Waals surface area contributed by atoms with E-state index in [0.29, 0.717) is 6.54 Å². The highest BCUT2D eigenvalue weighted by Gasteiger charge is 2.35. The molecule has 0 saturated heterocycles. The van der Waals surface area contributed by atoms with E-state index in [-0.39, 0.29) is 11.5 Å². The molecule has 2 heterocycles. The Morgan fingerprint density at radius 3 is 2.53 bits per heavy atom. The number of nitrogens with zero attached hydrogens (tertiary/aromatic N) is 2. The van der Waals surface area contributed by atoms with Gasteiger partial charge in [-0.15, -0.1) is 0 Å². The smallest absolute Gasteiger partial charge is 0.407 e. The summed E-state index contributed by atoms with van der Waals surface area (Å²) >= 11 is 0. The number of hydrogen-bond acceptors (Lipinski definition) is 2. The molecule has 0 saturated carbocycles. The van der Waals surface area contributed by atoms with E-state index >= 15 is 0 Å². The van der Waals surface area contributed by atoms with Crippen LogP contribution in [-0.4, -0.2) is 33.7 Å². The molecule has 1 aromatic rings. The molecular formula is C15H20N2O2. The van der Waals surface area contributed by atoms with E-state index in [1.54, 1.807) is 12.4 Å². The molecule has 19 heavy (non-hydrogen) atoms. The van der Waals surface area contributed by atoms with Gasteiger partial charge in [0.15, 0.2) is 0 Å². The van der Waals surface area contributed by atoms with Gasteiger partial charge in [0, 0.05) is 25.0 Å². The molecule has 1 aliphatic rings. The molecule has 0 spiro atoms. The second-order valence-electron chi connectivity index (χ2n) is 5.99. The summed E-state index contributed by atoms with van der Waals surface area (Å²) < 4.78 is 0. The standard InChI is InChI=1S/C15H20N2O2/c1-15(2,3)13-10-12(6-9-17(13)14(18)19)11-4-7-16-8-5-11/h4-8,13H,9-10H2,1-3H3,(H,18,19). The van der Waals surface area contributed by atoms with E-state index < -0.39 is 6.09 Å². The lowest BCUT2D eigenvalue weighted by molar-refractivity contribution is 0.0884. The van der Waals surface area contributed by atoms with E-state index in [9.17, 15) is 9.90 Å². The van der Waals surface area contributed by atoms with Crippen molar-refractivity contribution in [2.75, 3.05) is 6.54 Å². The lowest BCUT2D eigenvalue weighted by Gasteiger charge is -2.41. The maximum absolute atomic E-state index is 11.3. The Hall–Kier alpha value is -1.84. The van der Waals surface area contributed by atoms with Gasteiger partial charge in [-0.3, -0.25) is 4.98 Å². The minimum absolute atomic E-state index is 0.00170. The number of hydrogen-bond donors (Lipinski definition) is 1. The second kappa shape index (κ2) is 5.03. The van der Waals surface area contributed by atoms with Gasteiger partial charge in [0.05, 0.1) is 0 Å². The molecule has 1 N–H and O–H groups in total. The number of aromatic nitrogens is 1. The highest BCUT2D eigenvalue weighted by Crippen LogP contribution is 2.35. The Bertz CT molecular complexity index is 489. The molecule has 0 radical (unpaired) electrons. The minimum Gasteiger partial charge on any atom is -0.465 e. The van der Waals surface area contributed by atoms with Crippen molar-refractivity contribution in [1.29, 1.82) is 0 Å². The Labute approximate surface area is 113 Å². The molecule has 0 fully saturated rings. The van der Waals surface area contributed by atoms with Gasteiger partial charge in [0.1, 0.15) is 0 Å². The largest absolute Gasteiger partial charge is 0.465 e. The third-order valence-electron chi connectivity index (χ3n) is 3.62. The van der Waals surface area contributed by atoms with Crippen LogP contribution in [0.25, 0.3) is 5.57 Å². The third kappa shape index (κ3) is 2.95. The van der Waals surface area contributed by atoms with Crippen molar-refractivity contribution in [3.63, 3.8) is 0 Å². The molecule has 0 aromatic carbocycles. The molecule has 0 bridgehead atoms. The average molecular weight is 260 g/mol. The van der Waals surface area contributed by atoms with Crippen LogP contribution < -0.4 is 0 Å². The first-order valence-electron chi connectivity index (χ1n) is 6.48. The van der Waals surface area contributed by atoms with Crippen LogP contribution in [0.2, 0.25) is 0 Å². The molecule has 1 aromatic heterocycles. The summed E-state index contributed by atoms with van der Waals surface area (Å²) in [5.74, 6) is 0. The van der Waals surface area contributed by atoms with Crippen LogP contribution in [0, 0.1) is 5.41 Å². The molecule has 2 rings (SSSR count). The van der Waals surface area contributed by atoms with Gasteiger partial charge >= 0.3 is 6.09 Å². The van der Waals surface area contributed by atoms with Crippen molar-refractivity contribution in [3.05, 3.63) is 36.2 Å². The van der Waals surface area contributed by atoms with Crippen molar-refractivity contribution < 1.29 is 9.90 Å². The summed E-state index contributed by atoms with van der Waals surface area (Å²) in [6.07, 6.45) is 5.45. The van der Waals surface area contributed by atoms with Crippen LogP contribution in [0.4, 0.5) is 4.79 Å². The van der Waals surface area contributed by atoms with Gasteiger partial charge in [-0.25, -0.2) is 4.79 Å². The van der Waals surface area contributed by atoms with Gasteiger partial charge in [-0.2, -0.15) is 0 Å². The first-order valence-corrected chi connectivity index (χ1v) is 6.48. The Balaban J connectivity index is 2.30. The number of carboxylic acid groups (broad SMARTS) is 1. The second-order valence-corrected chi connectivity index (χ2v) is 5.99. The third-order valence-corrected chi connectivity index (χ3v) is 3.62. The highest BCUT2D eigenvalue weighted by molar-refractivity contribution is 5.72. The van der Waals surface area contributed by atoms with Crippen LogP contribution in [0.1, 0.15) is 32.8 Å². The monoisotopic (exact) mass is 260 g/mol. The fraction of sp³-hybridized carbons (Fsp3) is 0.467. The Morgan fingerprint density at radius 2 is 2.00 bits per heavy atom. The lowest BCUT2D eigenvalue weighted by Crippen LogP contribution is -2.48. The number of amides is 1. The summed E-state index contributed by atoms with van der Waals surface area (Å²) in [4.78, 5) is 16.9. The van der Waals surface area contributed by atoms with Crippen LogP contribution in [0.5, 0.6) is 0 Å². The van der Waals surface area contributed by atoms with E-state index in [4.69, 9.17) is 0 Å². The molecule has 0 aliphatic carbocycles. The highest BCUT2D eigenvalue weighted by atomic mass is 16.4.